The molecule has 1 aromatic rings. The van der Waals surface area contributed by atoms with Gasteiger partial charge in [-0.2, -0.15) is 0 Å². The number of primary amides is 1. The van der Waals surface area contributed by atoms with E-state index in [0.29, 0.717) is 17.1 Å². The summed E-state index contributed by atoms with van der Waals surface area (Å²) in [5.74, 6) is -1.16. The Morgan fingerprint density at radius 3 is 2.20 bits per heavy atom. The minimum absolute atomic E-state index is 0.00511. The van der Waals surface area contributed by atoms with Gasteiger partial charge in [-0.05, 0) is 30.7 Å². The second-order valence-corrected chi connectivity index (χ2v) is 5.96. The predicted octanol–water partition coefficient (Wildman–Crippen LogP) is 1.25. The number of carbonyl (C=O) groups is 2. The molecule has 20 heavy (non-hydrogen) atoms. The normalized spacial score (nSPS) is 11.1. The summed E-state index contributed by atoms with van der Waals surface area (Å²) in [6.07, 6.45) is 1.20. The minimum Gasteiger partial charge on any atom is -0.478 e. The standard InChI is InChI=1S/C12H16N2O5S/c1-2-3-8-14(12(13)17)20(18,19)10-6-4-9(5-7-10)11(15)16/h4-7H,2-3,8H2,1H3,(H2,13,17)(H,15,16). The molecule has 0 bridgehead atoms. The van der Waals surface area contributed by atoms with Crippen LogP contribution in [-0.2, 0) is 10.0 Å². The number of aromatic carboxylic acids is 1. The molecule has 110 valence electrons. The number of carboxylic acids is 1. The number of nitrogens with two attached hydrogens (primary N) is 1. The van der Waals surface area contributed by atoms with Gasteiger partial charge in [0, 0.05) is 6.54 Å². The van der Waals surface area contributed by atoms with Crippen LogP contribution >= 0.6 is 0 Å². The average Bonchev–Trinajstić information content (AvgIpc) is 2.38. The molecule has 0 aliphatic rings. The van der Waals surface area contributed by atoms with Crippen LogP contribution in [0.5, 0.6) is 0 Å². The van der Waals surface area contributed by atoms with Crippen LogP contribution in [-0.4, -0.2) is 36.4 Å². The average molecular weight is 300 g/mol. The molecule has 0 heterocycles. The number of nitrogens with zero attached hydrogens (tertiary/aromatic N) is 1. The summed E-state index contributed by atoms with van der Waals surface area (Å²) in [5.41, 5.74) is 5.05. The topological polar surface area (TPSA) is 118 Å². The van der Waals surface area contributed by atoms with E-state index < -0.39 is 22.0 Å². The summed E-state index contributed by atoms with van der Waals surface area (Å²) in [5, 5.41) is 8.76. The molecule has 7 nitrogen and oxygen atoms in total. The molecule has 3 N–H and O–H groups in total. The summed E-state index contributed by atoms with van der Waals surface area (Å²) in [6.45, 7) is 1.85. The molecule has 0 radical (unpaired) electrons. The molecule has 0 fully saturated rings. The summed E-state index contributed by atoms with van der Waals surface area (Å²) in [6, 6.07) is 3.55. The molecule has 0 saturated heterocycles. The quantitative estimate of drug-likeness (QED) is 0.819. The lowest BCUT2D eigenvalue weighted by atomic mass is 10.2. The maximum atomic E-state index is 12.2. The van der Waals surface area contributed by atoms with Crippen LogP contribution in [0.25, 0.3) is 0 Å². The second-order valence-electron chi connectivity index (χ2n) is 4.10. The highest BCUT2D eigenvalue weighted by atomic mass is 32.2. The summed E-state index contributed by atoms with van der Waals surface area (Å²) in [4.78, 5) is 21.8. The Kier molecular flexibility index (Phi) is 5.09. The molecule has 0 aromatic heterocycles. The summed E-state index contributed by atoms with van der Waals surface area (Å²) < 4.78 is 25.1. The zero-order valence-corrected chi connectivity index (χ0v) is 11.8. The smallest absolute Gasteiger partial charge is 0.335 e. The third-order valence-corrected chi connectivity index (χ3v) is 4.46. The molecule has 0 spiro atoms. The number of urea groups is 1. The number of carboxylic acid groups (broad SMARTS) is 1. The van der Waals surface area contributed by atoms with Crippen LogP contribution < -0.4 is 5.73 Å². The fourth-order valence-corrected chi connectivity index (χ4v) is 2.89. The molecule has 8 heteroatoms. The van der Waals surface area contributed by atoms with E-state index in [9.17, 15) is 18.0 Å². The van der Waals surface area contributed by atoms with Crippen LogP contribution in [0.1, 0.15) is 30.1 Å². The van der Waals surface area contributed by atoms with Crippen molar-refractivity contribution in [3.8, 4) is 0 Å². The number of hydrogen-bond acceptors (Lipinski definition) is 4. The van der Waals surface area contributed by atoms with Crippen LogP contribution in [0, 0.1) is 0 Å². The Morgan fingerprint density at radius 2 is 1.80 bits per heavy atom. The van der Waals surface area contributed by atoms with E-state index in [-0.39, 0.29) is 17.0 Å². The van der Waals surface area contributed by atoms with Crippen molar-refractivity contribution in [2.75, 3.05) is 6.54 Å². The molecular weight excluding hydrogens is 284 g/mol. The number of hydrogen-bond donors (Lipinski definition) is 2. The van der Waals surface area contributed by atoms with E-state index >= 15 is 0 Å². The zero-order valence-electron chi connectivity index (χ0n) is 10.9. The number of rotatable bonds is 6. The summed E-state index contributed by atoms with van der Waals surface area (Å²) >= 11 is 0. The van der Waals surface area contributed by atoms with Crippen molar-refractivity contribution in [2.45, 2.75) is 24.7 Å². The molecule has 0 aliphatic heterocycles. The lowest BCUT2D eigenvalue weighted by molar-refractivity contribution is 0.0696. The van der Waals surface area contributed by atoms with Gasteiger partial charge in [0.25, 0.3) is 10.0 Å². The molecule has 0 unspecified atom stereocenters. The fourth-order valence-electron chi connectivity index (χ4n) is 1.55. The minimum atomic E-state index is -4.05. The molecule has 1 aromatic carbocycles. The first kappa shape index (κ1) is 16.0. The first-order chi connectivity index (χ1) is 9.30. The van der Waals surface area contributed by atoms with Gasteiger partial charge in [-0.3, -0.25) is 0 Å². The van der Waals surface area contributed by atoms with E-state index in [1.165, 1.54) is 0 Å². The van der Waals surface area contributed by atoms with Crippen molar-refractivity contribution in [1.82, 2.24) is 4.31 Å². The Balaban J connectivity index is 3.12. The third-order valence-electron chi connectivity index (χ3n) is 2.65. The highest BCUT2D eigenvalue weighted by Gasteiger charge is 2.27. The molecular formula is C12H16N2O5S. The van der Waals surface area contributed by atoms with Crippen molar-refractivity contribution >= 4 is 22.0 Å². The van der Waals surface area contributed by atoms with Gasteiger partial charge in [0.2, 0.25) is 0 Å². The zero-order chi connectivity index (χ0) is 15.3. The van der Waals surface area contributed by atoms with Crippen LogP contribution in [0.2, 0.25) is 0 Å². The number of amides is 2. The molecule has 2 amide bonds. The van der Waals surface area contributed by atoms with Gasteiger partial charge >= 0.3 is 12.0 Å². The highest BCUT2D eigenvalue weighted by Crippen LogP contribution is 2.17. The van der Waals surface area contributed by atoms with E-state index in [1.54, 1.807) is 0 Å². The largest absolute Gasteiger partial charge is 0.478 e. The number of unbranched alkanes of at least 4 members (excludes halogenated alkanes) is 1. The monoisotopic (exact) mass is 300 g/mol. The van der Waals surface area contributed by atoms with Crippen molar-refractivity contribution < 1.29 is 23.1 Å². The van der Waals surface area contributed by atoms with Crippen molar-refractivity contribution in [3.63, 3.8) is 0 Å². The Bertz CT molecular complexity index is 595. The number of sulfonamides is 1. The molecule has 1 rings (SSSR count). The van der Waals surface area contributed by atoms with Gasteiger partial charge in [0.1, 0.15) is 0 Å². The van der Waals surface area contributed by atoms with Crippen LogP contribution in [0.15, 0.2) is 29.2 Å². The van der Waals surface area contributed by atoms with Crippen LogP contribution in [0.3, 0.4) is 0 Å². The maximum Gasteiger partial charge on any atom is 0.335 e. The molecule has 0 aliphatic carbocycles. The highest BCUT2D eigenvalue weighted by molar-refractivity contribution is 7.89. The first-order valence-corrected chi connectivity index (χ1v) is 7.40. The first-order valence-electron chi connectivity index (χ1n) is 5.96. The van der Waals surface area contributed by atoms with Crippen molar-refractivity contribution in [2.24, 2.45) is 5.73 Å². The Labute approximate surface area is 117 Å². The fraction of sp³-hybridized carbons (Fsp3) is 0.333. The van der Waals surface area contributed by atoms with Gasteiger partial charge in [0.15, 0.2) is 0 Å². The lowest BCUT2D eigenvalue weighted by Gasteiger charge is -2.20. The lowest BCUT2D eigenvalue weighted by Crippen LogP contribution is -2.41. The Morgan fingerprint density at radius 1 is 1.25 bits per heavy atom. The second kappa shape index (κ2) is 6.38. The van der Waals surface area contributed by atoms with Gasteiger partial charge in [0.05, 0.1) is 10.5 Å². The Hall–Kier alpha value is -2.09. The maximum absolute atomic E-state index is 12.2. The van der Waals surface area contributed by atoms with Gasteiger partial charge in [-0.25, -0.2) is 22.3 Å². The van der Waals surface area contributed by atoms with Gasteiger partial charge in [-0.15, -0.1) is 0 Å². The molecule has 0 atom stereocenters. The van der Waals surface area contributed by atoms with Gasteiger partial charge < -0.3 is 10.8 Å². The van der Waals surface area contributed by atoms with Gasteiger partial charge in [-0.1, -0.05) is 13.3 Å². The number of benzene rings is 1. The SMILES string of the molecule is CCCCN(C(N)=O)S(=O)(=O)c1ccc(C(=O)O)cc1. The van der Waals surface area contributed by atoms with E-state index in [0.717, 1.165) is 24.3 Å². The van der Waals surface area contributed by atoms with Crippen LogP contribution in [0.4, 0.5) is 4.79 Å². The van der Waals surface area contributed by atoms with E-state index in [4.69, 9.17) is 10.8 Å². The predicted molar refractivity (Wildman–Crippen MR) is 71.8 cm³/mol. The van der Waals surface area contributed by atoms with Crippen molar-refractivity contribution in [1.29, 1.82) is 0 Å². The molecule has 0 saturated carbocycles. The summed E-state index contributed by atoms with van der Waals surface area (Å²) in [7, 11) is -4.05. The third kappa shape index (κ3) is 3.47. The van der Waals surface area contributed by atoms with E-state index in [2.05, 4.69) is 0 Å². The van der Waals surface area contributed by atoms with Crippen molar-refractivity contribution in [3.05, 3.63) is 29.8 Å². The van der Waals surface area contributed by atoms with E-state index in [1.807, 2.05) is 6.92 Å². The number of carbonyl (C=O) groups excluding carboxylic acids is 1.